The zero-order valence-corrected chi connectivity index (χ0v) is 65.9. The molecule has 0 unspecified atom stereocenters. The van der Waals surface area contributed by atoms with Crippen LogP contribution in [0, 0.1) is 0 Å². The molecule has 26 aromatic rings. The first-order chi connectivity index (χ1) is 59.5. The number of rotatable bonds is 8. The van der Waals surface area contributed by atoms with Crippen molar-refractivity contribution in [1.29, 1.82) is 0 Å². The summed E-state index contributed by atoms with van der Waals surface area (Å²) in [7, 11) is 0. The van der Waals surface area contributed by atoms with Crippen LogP contribution >= 0.6 is 11.3 Å². The maximum absolute atomic E-state index is 6.48. The first-order valence-corrected chi connectivity index (χ1v) is 41.8. The number of hydrogen-bond acceptors (Lipinski definition) is 3. The van der Waals surface area contributed by atoms with E-state index in [0.717, 1.165) is 66.2 Å². The van der Waals surface area contributed by atoms with E-state index in [9.17, 15) is 0 Å². The van der Waals surface area contributed by atoms with E-state index in [1.165, 1.54) is 168 Å². The molecule has 0 saturated heterocycles. The van der Waals surface area contributed by atoms with Crippen LogP contribution in [0.2, 0.25) is 0 Å². The third-order valence-electron chi connectivity index (χ3n) is 24.6. The van der Waals surface area contributed by atoms with Gasteiger partial charge in [-0.15, -0.1) is 11.3 Å². The first kappa shape index (κ1) is 68.8. The highest BCUT2D eigenvalue weighted by Crippen LogP contribution is 2.47. The molecule has 6 aromatic heterocycles. The molecule has 0 aliphatic carbocycles. The summed E-state index contributed by atoms with van der Waals surface area (Å²) in [6.07, 6.45) is 0. The van der Waals surface area contributed by atoms with Gasteiger partial charge in [0, 0.05) is 85.7 Å². The average molecular weight is 1550 g/mol. The van der Waals surface area contributed by atoms with Crippen LogP contribution in [0.25, 0.3) is 234 Å². The monoisotopic (exact) mass is 1550 g/mol. The third kappa shape index (κ3) is 11.3. The molecule has 120 heavy (non-hydrogen) atoms. The van der Waals surface area contributed by atoms with Gasteiger partial charge in [0.1, 0.15) is 22.3 Å². The van der Waals surface area contributed by atoms with E-state index in [0.29, 0.717) is 0 Å². The Hall–Kier alpha value is -15.6. The van der Waals surface area contributed by atoms with Crippen molar-refractivity contribution in [2.75, 3.05) is 0 Å². The van der Waals surface area contributed by atoms with Crippen LogP contribution in [0.3, 0.4) is 0 Å². The van der Waals surface area contributed by atoms with E-state index >= 15 is 0 Å². The molecular weight excluding hydrogens is 1480 g/mol. The fraction of sp³-hybridized carbons (Fsp3) is 0. The Kier molecular flexibility index (Phi) is 16.1. The normalized spacial score (nSPS) is 11.8. The second-order valence-electron chi connectivity index (χ2n) is 31.3. The second kappa shape index (κ2) is 28.1. The molecule has 0 spiro atoms. The number of hydrogen-bond donors (Lipinski definition) is 0. The highest BCUT2D eigenvalue weighted by molar-refractivity contribution is 7.26. The lowest BCUT2D eigenvalue weighted by molar-refractivity contribution is 0.669. The number of para-hydroxylation sites is 5. The van der Waals surface area contributed by atoms with Gasteiger partial charge >= 0.3 is 0 Å². The van der Waals surface area contributed by atoms with Crippen LogP contribution in [0.5, 0.6) is 0 Å². The van der Waals surface area contributed by atoms with Crippen molar-refractivity contribution in [2.24, 2.45) is 0 Å². The molecular formula is C114H71N3O2S. The molecule has 0 bridgehead atoms. The number of thiophene rings is 1. The van der Waals surface area contributed by atoms with E-state index in [1.807, 2.05) is 29.5 Å². The predicted molar refractivity (Wildman–Crippen MR) is 509 cm³/mol. The molecule has 6 heteroatoms. The number of aromatic nitrogens is 3. The van der Waals surface area contributed by atoms with Crippen molar-refractivity contribution in [1.82, 2.24) is 13.7 Å². The van der Waals surface area contributed by atoms with Gasteiger partial charge in [0.25, 0.3) is 0 Å². The Labute approximate surface area is 694 Å². The minimum Gasteiger partial charge on any atom is -0.456 e. The zero-order valence-electron chi connectivity index (χ0n) is 65.1. The predicted octanol–water partition coefficient (Wildman–Crippen LogP) is 32.3. The molecule has 0 N–H and O–H groups in total. The van der Waals surface area contributed by atoms with Crippen molar-refractivity contribution in [3.05, 3.63) is 431 Å². The Morgan fingerprint density at radius 2 is 0.525 bits per heavy atom. The molecule has 0 atom stereocenters. The summed E-state index contributed by atoms with van der Waals surface area (Å²) < 4.78 is 22.5. The second-order valence-corrected chi connectivity index (χ2v) is 32.3. The average Bonchev–Trinajstić information content (AvgIpc) is 1.53. The molecule has 0 aliphatic rings. The van der Waals surface area contributed by atoms with Crippen LogP contribution in [0.4, 0.5) is 0 Å². The smallest absolute Gasteiger partial charge is 0.145 e. The van der Waals surface area contributed by atoms with E-state index in [1.54, 1.807) is 0 Å². The van der Waals surface area contributed by atoms with Crippen LogP contribution in [-0.2, 0) is 0 Å². The van der Waals surface area contributed by atoms with Crippen molar-refractivity contribution >= 4 is 173 Å². The van der Waals surface area contributed by atoms with Gasteiger partial charge in [-0.05, 0) is 215 Å². The van der Waals surface area contributed by atoms with E-state index in [2.05, 4.69) is 426 Å². The Morgan fingerprint density at radius 1 is 0.167 bits per heavy atom. The summed E-state index contributed by atoms with van der Waals surface area (Å²) in [6.45, 7) is 0. The lowest BCUT2D eigenvalue weighted by Crippen LogP contribution is -1.93. The number of fused-ring (bicyclic) bond motifs is 26. The van der Waals surface area contributed by atoms with Gasteiger partial charge in [0.15, 0.2) is 0 Å². The topological polar surface area (TPSA) is 41.1 Å². The van der Waals surface area contributed by atoms with E-state index in [-0.39, 0.29) is 0 Å². The lowest BCUT2D eigenvalue weighted by Gasteiger charge is -2.13. The van der Waals surface area contributed by atoms with Gasteiger partial charge in [-0.2, -0.15) is 0 Å². The minimum atomic E-state index is 0.923. The molecule has 0 aliphatic heterocycles. The van der Waals surface area contributed by atoms with Crippen LogP contribution in [0.15, 0.2) is 440 Å². The fourth-order valence-corrected chi connectivity index (χ4v) is 20.3. The highest BCUT2D eigenvalue weighted by Gasteiger charge is 2.23. The summed E-state index contributed by atoms with van der Waals surface area (Å²) in [5.74, 6) is 0. The molecule has 0 fully saturated rings. The number of benzene rings is 20. The largest absolute Gasteiger partial charge is 0.456 e. The van der Waals surface area contributed by atoms with Gasteiger partial charge < -0.3 is 22.5 Å². The molecule has 6 heterocycles. The van der Waals surface area contributed by atoms with Crippen molar-refractivity contribution < 1.29 is 8.83 Å². The van der Waals surface area contributed by atoms with Gasteiger partial charge in [-0.3, -0.25) is 0 Å². The van der Waals surface area contributed by atoms with E-state index in [4.69, 9.17) is 8.83 Å². The van der Waals surface area contributed by atoms with Gasteiger partial charge in [-0.25, -0.2) is 0 Å². The summed E-state index contributed by atoms with van der Waals surface area (Å²) in [6, 6.07) is 155. The Balaban J connectivity index is 0.000000104. The SMILES string of the molecule is c1ccc(-c2cc(-c3ccccc3)cc(-c3ccc(-n4c5ccccc5c5c6sc7ccccc7c6ccc54)cc3)c2)cc1.c1ccc(-c2ccc(-n3c4ccccc4c4cc5oc6ccccc6c5cc43)cc2)cc1.c1ccc2c(c1)oc1c2ccc2c1c1ccccc1n2-c1ccc(-c2ccc3c4ccccc4c4ccccc4c3c2)cc1. The summed E-state index contributed by atoms with van der Waals surface area (Å²) >= 11 is 1.90. The molecule has 26 rings (SSSR count). The molecule has 0 radical (unpaired) electrons. The van der Waals surface area contributed by atoms with Crippen LogP contribution < -0.4 is 0 Å². The van der Waals surface area contributed by atoms with Crippen LogP contribution in [-0.4, -0.2) is 13.7 Å². The van der Waals surface area contributed by atoms with E-state index < -0.39 is 0 Å². The van der Waals surface area contributed by atoms with Crippen molar-refractivity contribution in [3.8, 4) is 72.7 Å². The maximum atomic E-state index is 6.48. The molecule has 20 aromatic carbocycles. The van der Waals surface area contributed by atoms with Gasteiger partial charge in [0.2, 0.25) is 0 Å². The molecule has 0 saturated carbocycles. The van der Waals surface area contributed by atoms with Gasteiger partial charge in [-0.1, -0.05) is 303 Å². The molecule has 0 amide bonds. The van der Waals surface area contributed by atoms with Gasteiger partial charge in [0.05, 0.1) is 38.5 Å². The maximum Gasteiger partial charge on any atom is 0.145 e. The van der Waals surface area contributed by atoms with Crippen molar-refractivity contribution in [3.63, 3.8) is 0 Å². The summed E-state index contributed by atoms with van der Waals surface area (Å²) in [4.78, 5) is 0. The third-order valence-corrected chi connectivity index (χ3v) is 25.8. The standard InChI is InChI=1S/C42H25NO.C42H27NS.C30H19NO/c1-2-11-31-29(9-1)30-10-3-4-12-32(30)37-25-27(19-22-33(31)37)26-17-20-28(21-18-26)43-38-15-7-5-14-36(38)41-39(43)24-23-35-34-13-6-8-16-40(34)44-42(35)41;1-3-11-28(12-4-1)31-25-32(29-13-5-2-6-14-29)27-33(26-31)30-19-21-34(22-20-30)43-38-17-9-7-16-37(38)41-39(43)24-23-36-35-15-8-10-18-40(35)44-42(36)41;1-2-8-20(9-3-1)21-14-16-22(17-15-21)31-27-12-6-4-10-23(27)25-19-30-26(18-28(25)31)24-11-5-7-13-29(24)32-30/h1-25H;1-27H;1-19H. The van der Waals surface area contributed by atoms with Crippen molar-refractivity contribution in [2.45, 2.75) is 0 Å². The zero-order chi connectivity index (χ0) is 78.9. The number of furan rings is 2. The summed E-state index contributed by atoms with van der Waals surface area (Å²) in [5, 5.41) is 22.5. The first-order valence-electron chi connectivity index (χ1n) is 41.0. The number of nitrogens with zero attached hydrogens (tertiary/aromatic N) is 3. The quantitative estimate of drug-likeness (QED) is 0.142. The summed E-state index contributed by atoms with van der Waals surface area (Å²) in [5.41, 5.74) is 26.6. The van der Waals surface area contributed by atoms with Crippen LogP contribution in [0.1, 0.15) is 0 Å². The Bertz CT molecular complexity index is 8470. The minimum absolute atomic E-state index is 0.923. The lowest BCUT2D eigenvalue weighted by atomic mass is 9.92. The molecule has 560 valence electrons. The fourth-order valence-electron chi connectivity index (χ4n) is 19.0. The highest BCUT2D eigenvalue weighted by atomic mass is 32.1. The molecule has 5 nitrogen and oxygen atoms in total. The Morgan fingerprint density at radius 3 is 1.07 bits per heavy atom.